The van der Waals surface area contributed by atoms with E-state index in [0.29, 0.717) is 29.6 Å². The van der Waals surface area contributed by atoms with Gasteiger partial charge in [0.15, 0.2) is 5.82 Å². The van der Waals surface area contributed by atoms with E-state index in [1.165, 1.54) is 41.0 Å². The van der Waals surface area contributed by atoms with Gasteiger partial charge in [-0.2, -0.15) is 16.4 Å². The number of ether oxygens (including phenoxy) is 1. The molecule has 0 aliphatic rings. The summed E-state index contributed by atoms with van der Waals surface area (Å²) in [4.78, 5) is 0.0500. The Labute approximate surface area is 198 Å². The van der Waals surface area contributed by atoms with Crippen LogP contribution in [0.1, 0.15) is 11.7 Å². The lowest BCUT2D eigenvalue weighted by molar-refractivity contribution is 0.167. The van der Waals surface area contributed by atoms with Crippen molar-refractivity contribution >= 4 is 49.6 Å². The summed E-state index contributed by atoms with van der Waals surface area (Å²) in [6, 6.07) is 11.0. The molecule has 174 valence electrons. The Morgan fingerprint density at radius 1 is 1.27 bits per heavy atom. The Morgan fingerprint density at radius 2 is 2.12 bits per heavy atom. The van der Waals surface area contributed by atoms with Gasteiger partial charge < -0.3 is 15.2 Å². The van der Waals surface area contributed by atoms with Gasteiger partial charge in [-0.3, -0.25) is 9.82 Å². The molecule has 12 heteroatoms. The highest BCUT2D eigenvalue weighted by Crippen LogP contribution is 2.26. The Balaban J connectivity index is 1.30. The van der Waals surface area contributed by atoms with Crippen LogP contribution in [0.2, 0.25) is 5.15 Å². The Kier molecular flexibility index (Phi) is 7.15. The maximum absolute atomic E-state index is 14.9. The number of hydrogen-bond acceptors (Lipinski definition) is 7. The largest absolute Gasteiger partial charge is 0.492 e. The highest BCUT2D eigenvalue weighted by atomic mass is 35.5. The maximum atomic E-state index is 14.9. The van der Waals surface area contributed by atoms with Crippen LogP contribution in [0.25, 0.3) is 10.9 Å². The van der Waals surface area contributed by atoms with Crippen molar-refractivity contribution in [2.75, 3.05) is 24.4 Å². The third-order valence-corrected chi connectivity index (χ3v) is 7.29. The second-order valence-electron chi connectivity index (χ2n) is 7.06. The number of nitrogens with zero attached hydrogens (tertiary/aromatic N) is 1. The summed E-state index contributed by atoms with van der Waals surface area (Å²) in [5.74, 6) is -0.211. The third kappa shape index (κ3) is 5.45. The van der Waals surface area contributed by atoms with E-state index in [1.807, 2.05) is 0 Å². The number of anilines is 1. The van der Waals surface area contributed by atoms with E-state index in [-0.39, 0.29) is 22.7 Å². The summed E-state index contributed by atoms with van der Waals surface area (Å²) in [6.45, 7) is 0.747. The lowest BCUT2D eigenvalue weighted by Crippen LogP contribution is -2.26. The number of hydrogen-bond donors (Lipinski definition) is 4. The molecule has 0 amide bonds. The first kappa shape index (κ1) is 23.5. The van der Waals surface area contributed by atoms with Crippen molar-refractivity contribution in [3.8, 4) is 5.75 Å². The molecule has 4 rings (SSSR count). The minimum Gasteiger partial charge on any atom is -0.492 e. The molecule has 4 aromatic rings. The molecule has 0 spiro atoms. The SMILES string of the molecule is O=S(=O)(Nc1cccc([C@@H](O)CNCCOc2ccc3c(Cl)[nH]nc3c2)c1F)c1ccsc1. The van der Waals surface area contributed by atoms with Crippen LogP contribution in [0.15, 0.2) is 58.1 Å². The molecule has 0 saturated heterocycles. The third-order valence-electron chi connectivity index (χ3n) is 4.80. The normalized spacial score (nSPS) is 12.7. The number of aromatic amines is 1. The van der Waals surface area contributed by atoms with E-state index >= 15 is 0 Å². The van der Waals surface area contributed by atoms with Crippen LogP contribution in [0.4, 0.5) is 10.1 Å². The van der Waals surface area contributed by atoms with Gasteiger partial charge >= 0.3 is 0 Å². The molecule has 2 heterocycles. The van der Waals surface area contributed by atoms with Crippen molar-refractivity contribution in [2.45, 2.75) is 11.0 Å². The molecule has 0 saturated carbocycles. The lowest BCUT2D eigenvalue weighted by atomic mass is 10.1. The molecule has 1 atom stereocenters. The maximum Gasteiger partial charge on any atom is 0.262 e. The van der Waals surface area contributed by atoms with Gasteiger partial charge in [0.1, 0.15) is 17.5 Å². The number of aliphatic hydroxyl groups is 1. The van der Waals surface area contributed by atoms with E-state index in [0.717, 1.165) is 5.39 Å². The smallest absolute Gasteiger partial charge is 0.262 e. The van der Waals surface area contributed by atoms with Crippen LogP contribution < -0.4 is 14.8 Å². The van der Waals surface area contributed by atoms with Crippen molar-refractivity contribution in [3.05, 3.63) is 69.8 Å². The topological polar surface area (TPSA) is 116 Å². The van der Waals surface area contributed by atoms with E-state index in [4.69, 9.17) is 16.3 Å². The molecule has 0 aliphatic carbocycles. The van der Waals surface area contributed by atoms with Crippen LogP contribution in [0.5, 0.6) is 5.75 Å². The monoisotopic (exact) mass is 510 g/mol. The van der Waals surface area contributed by atoms with Crippen molar-refractivity contribution in [1.29, 1.82) is 0 Å². The number of H-pyrrole nitrogens is 1. The molecule has 0 bridgehead atoms. The van der Waals surface area contributed by atoms with Gasteiger partial charge in [-0.25, -0.2) is 12.8 Å². The predicted molar refractivity (Wildman–Crippen MR) is 126 cm³/mol. The van der Waals surface area contributed by atoms with Gasteiger partial charge in [-0.15, -0.1) is 0 Å². The molecular formula is C21H20ClFN4O4S2. The molecule has 0 fully saturated rings. The Morgan fingerprint density at radius 3 is 2.91 bits per heavy atom. The van der Waals surface area contributed by atoms with E-state index in [1.54, 1.807) is 23.6 Å². The number of aromatic nitrogens is 2. The first-order chi connectivity index (χ1) is 15.8. The summed E-state index contributed by atoms with van der Waals surface area (Å²) in [5, 5.41) is 24.5. The summed E-state index contributed by atoms with van der Waals surface area (Å²) in [7, 11) is -3.91. The second kappa shape index (κ2) is 10.1. The first-order valence-corrected chi connectivity index (χ1v) is 12.6. The molecular weight excluding hydrogens is 491 g/mol. The molecule has 33 heavy (non-hydrogen) atoms. The number of halogens is 2. The molecule has 0 unspecified atom stereocenters. The Hall–Kier alpha value is -2.70. The summed E-state index contributed by atoms with van der Waals surface area (Å²) < 4.78 is 47.5. The van der Waals surface area contributed by atoms with Crippen LogP contribution in [0.3, 0.4) is 0 Å². The number of rotatable bonds is 10. The average Bonchev–Trinajstić information content (AvgIpc) is 3.46. The molecule has 4 N–H and O–H groups in total. The second-order valence-corrected chi connectivity index (χ2v) is 9.90. The lowest BCUT2D eigenvalue weighted by Gasteiger charge is -2.16. The highest BCUT2D eigenvalue weighted by molar-refractivity contribution is 7.92. The fourth-order valence-corrected chi connectivity index (χ4v) is 5.42. The average molecular weight is 511 g/mol. The van der Waals surface area contributed by atoms with Crippen LogP contribution in [0, 0.1) is 5.82 Å². The standard InChI is InChI=1S/C21H20ClFN4O4S2/c22-21-15-5-4-13(10-18(15)25-26-21)31-8-7-24-11-19(28)16-2-1-3-17(20(16)23)27-33(29,30)14-6-9-32-12-14/h1-6,9-10,12,19,24,27-28H,7-8,11H2,(H,25,26)/t19-/m0/s1. The van der Waals surface area contributed by atoms with E-state index in [2.05, 4.69) is 20.2 Å². The van der Waals surface area contributed by atoms with Gasteiger partial charge in [0, 0.05) is 35.5 Å². The van der Waals surface area contributed by atoms with Crippen molar-refractivity contribution in [2.24, 2.45) is 0 Å². The molecule has 8 nitrogen and oxygen atoms in total. The summed E-state index contributed by atoms with van der Waals surface area (Å²) >= 11 is 7.19. The zero-order chi connectivity index (χ0) is 23.4. The van der Waals surface area contributed by atoms with Crippen molar-refractivity contribution in [3.63, 3.8) is 0 Å². The quantitative estimate of drug-likeness (QED) is 0.240. The first-order valence-electron chi connectivity index (χ1n) is 9.84. The van der Waals surface area contributed by atoms with Crippen LogP contribution >= 0.6 is 22.9 Å². The number of thiophene rings is 1. The van der Waals surface area contributed by atoms with Gasteiger partial charge in [-0.1, -0.05) is 23.7 Å². The summed E-state index contributed by atoms with van der Waals surface area (Å²) in [5.41, 5.74) is 0.440. The highest BCUT2D eigenvalue weighted by Gasteiger charge is 2.20. The Bertz CT molecular complexity index is 1350. The van der Waals surface area contributed by atoms with Crippen molar-refractivity contribution < 1.29 is 22.7 Å². The zero-order valence-electron chi connectivity index (χ0n) is 17.1. The summed E-state index contributed by atoms with van der Waals surface area (Å²) in [6.07, 6.45) is -1.18. The fraction of sp³-hybridized carbons (Fsp3) is 0.190. The van der Waals surface area contributed by atoms with Crippen molar-refractivity contribution in [1.82, 2.24) is 15.5 Å². The van der Waals surface area contributed by atoms with E-state index in [9.17, 15) is 17.9 Å². The van der Waals surface area contributed by atoms with E-state index < -0.39 is 21.9 Å². The number of sulfonamides is 1. The fourth-order valence-electron chi connectivity index (χ4n) is 3.13. The molecule has 2 aromatic heterocycles. The molecule has 0 aliphatic heterocycles. The van der Waals surface area contributed by atoms with Crippen LogP contribution in [-0.2, 0) is 10.0 Å². The number of benzene rings is 2. The zero-order valence-corrected chi connectivity index (χ0v) is 19.5. The minimum atomic E-state index is -3.91. The van der Waals surface area contributed by atoms with Gasteiger partial charge in [0.2, 0.25) is 0 Å². The number of aliphatic hydroxyl groups excluding tert-OH is 1. The number of fused-ring (bicyclic) bond motifs is 1. The predicted octanol–water partition coefficient (Wildman–Crippen LogP) is 3.92. The van der Waals surface area contributed by atoms with Gasteiger partial charge in [-0.05, 0) is 29.6 Å². The van der Waals surface area contributed by atoms with Crippen LogP contribution in [-0.4, -0.2) is 43.4 Å². The molecule has 2 aromatic carbocycles. The minimum absolute atomic E-state index is 0.0187. The van der Waals surface area contributed by atoms with Gasteiger partial charge in [0.25, 0.3) is 10.0 Å². The van der Waals surface area contributed by atoms with Gasteiger partial charge in [0.05, 0.1) is 22.2 Å². The number of nitrogens with one attached hydrogen (secondary N) is 3. The molecule has 0 radical (unpaired) electrons.